The highest BCUT2D eigenvalue weighted by atomic mass is 31.2. The monoisotopic (exact) mass is 280 g/mol. The standard InChI is InChI=1S/C13H29O4P/c1-6-9-15-18(14,16-10-7-12(2)3)17-11-8-13(4)5/h12-13H,6-11H2,1-5H3. The lowest BCUT2D eigenvalue weighted by Gasteiger charge is -2.18. The van der Waals surface area contributed by atoms with E-state index in [1.807, 2.05) is 6.92 Å². The van der Waals surface area contributed by atoms with E-state index < -0.39 is 7.82 Å². The molecule has 0 heterocycles. The van der Waals surface area contributed by atoms with E-state index in [-0.39, 0.29) is 0 Å². The summed E-state index contributed by atoms with van der Waals surface area (Å²) in [6.07, 6.45) is 2.51. The third-order valence-corrected chi connectivity index (χ3v) is 3.84. The molecule has 18 heavy (non-hydrogen) atoms. The van der Waals surface area contributed by atoms with Crippen LogP contribution in [0.1, 0.15) is 53.9 Å². The Balaban J connectivity index is 4.11. The van der Waals surface area contributed by atoms with Gasteiger partial charge in [-0.15, -0.1) is 0 Å². The summed E-state index contributed by atoms with van der Waals surface area (Å²) in [4.78, 5) is 0. The Labute approximate surface area is 112 Å². The predicted molar refractivity (Wildman–Crippen MR) is 74.7 cm³/mol. The third-order valence-electron chi connectivity index (χ3n) is 2.34. The molecule has 0 aromatic rings. The Morgan fingerprint density at radius 2 is 1.22 bits per heavy atom. The maximum Gasteiger partial charge on any atom is 0.474 e. The van der Waals surface area contributed by atoms with Gasteiger partial charge < -0.3 is 0 Å². The Morgan fingerprint density at radius 1 is 0.833 bits per heavy atom. The Morgan fingerprint density at radius 3 is 1.56 bits per heavy atom. The van der Waals surface area contributed by atoms with E-state index in [0.717, 1.165) is 19.3 Å². The first-order valence-electron chi connectivity index (χ1n) is 6.93. The normalized spacial score (nSPS) is 12.6. The maximum absolute atomic E-state index is 12.3. The van der Waals surface area contributed by atoms with E-state index in [4.69, 9.17) is 13.6 Å². The molecule has 0 fully saturated rings. The fourth-order valence-corrected chi connectivity index (χ4v) is 2.40. The minimum absolute atomic E-state index is 0.403. The summed E-state index contributed by atoms with van der Waals surface area (Å²) in [6, 6.07) is 0. The first kappa shape index (κ1) is 18.1. The molecule has 110 valence electrons. The topological polar surface area (TPSA) is 44.8 Å². The highest BCUT2D eigenvalue weighted by Gasteiger charge is 2.26. The molecule has 4 nitrogen and oxygen atoms in total. The Hall–Kier alpha value is 0.110. The second kappa shape index (κ2) is 9.96. The van der Waals surface area contributed by atoms with Gasteiger partial charge in [0.25, 0.3) is 0 Å². The van der Waals surface area contributed by atoms with Gasteiger partial charge in [0, 0.05) is 0 Å². The van der Waals surface area contributed by atoms with Gasteiger partial charge in [0.2, 0.25) is 0 Å². The number of rotatable bonds is 11. The highest BCUT2D eigenvalue weighted by Crippen LogP contribution is 2.49. The van der Waals surface area contributed by atoms with Crippen LogP contribution in [0.3, 0.4) is 0 Å². The molecule has 5 heteroatoms. The van der Waals surface area contributed by atoms with Crippen molar-refractivity contribution in [3.05, 3.63) is 0 Å². The third kappa shape index (κ3) is 10.1. The second-order valence-corrected chi connectivity index (χ2v) is 6.98. The van der Waals surface area contributed by atoms with E-state index in [9.17, 15) is 4.57 Å². The molecule has 0 N–H and O–H groups in total. The average Bonchev–Trinajstić information content (AvgIpc) is 2.25. The molecule has 0 bridgehead atoms. The molecule has 0 aromatic carbocycles. The number of hydrogen-bond donors (Lipinski definition) is 0. The fraction of sp³-hybridized carbons (Fsp3) is 1.00. The smallest absolute Gasteiger partial charge is 0.287 e. The van der Waals surface area contributed by atoms with Gasteiger partial charge in [-0.3, -0.25) is 13.6 Å². The zero-order chi connectivity index (χ0) is 14.0. The van der Waals surface area contributed by atoms with Gasteiger partial charge in [0.15, 0.2) is 0 Å². The van der Waals surface area contributed by atoms with Crippen molar-refractivity contribution in [3.63, 3.8) is 0 Å². The molecule has 0 saturated carbocycles. The highest BCUT2D eigenvalue weighted by molar-refractivity contribution is 7.48. The molecule has 0 rings (SSSR count). The van der Waals surface area contributed by atoms with Crippen LogP contribution in [0.4, 0.5) is 0 Å². The van der Waals surface area contributed by atoms with Crippen molar-refractivity contribution in [2.75, 3.05) is 19.8 Å². The first-order valence-corrected chi connectivity index (χ1v) is 8.39. The van der Waals surface area contributed by atoms with Gasteiger partial charge in [-0.25, -0.2) is 4.57 Å². The molecule has 0 amide bonds. The molecular formula is C13H29O4P. The van der Waals surface area contributed by atoms with Gasteiger partial charge >= 0.3 is 7.82 Å². The summed E-state index contributed by atoms with van der Waals surface area (Å²) in [5, 5.41) is 0. The molecule has 0 aromatic heterocycles. The van der Waals surface area contributed by atoms with Crippen molar-refractivity contribution < 1.29 is 18.1 Å². The number of phosphoric ester groups is 1. The summed E-state index contributed by atoms with van der Waals surface area (Å²) in [5.41, 5.74) is 0. The largest absolute Gasteiger partial charge is 0.474 e. The lowest BCUT2D eigenvalue weighted by Crippen LogP contribution is -2.06. The molecule has 0 radical (unpaired) electrons. The first-order chi connectivity index (χ1) is 8.39. The average molecular weight is 280 g/mol. The van der Waals surface area contributed by atoms with Gasteiger partial charge in [-0.05, 0) is 31.1 Å². The van der Waals surface area contributed by atoms with Crippen LogP contribution in [0.15, 0.2) is 0 Å². The molecule has 0 aliphatic rings. The van der Waals surface area contributed by atoms with Gasteiger partial charge in [0.1, 0.15) is 0 Å². The van der Waals surface area contributed by atoms with Crippen LogP contribution in [0, 0.1) is 11.8 Å². The molecule has 0 saturated heterocycles. The Kier molecular flexibility index (Phi) is 10.0. The van der Waals surface area contributed by atoms with Crippen molar-refractivity contribution in [3.8, 4) is 0 Å². The lowest BCUT2D eigenvalue weighted by molar-refractivity contribution is 0.106. The van der Waals surface area contributed by atoms with E-state index in [1.165, 1.54) is 0 Å². The number of phosphoric acid groups is 1. The van der Waals surface area contributed by atoms with Crippen LogP contribution in [0.2, 0.25) is 0 Å². The molecule has 0 aliphatic carbocycles. The second-order valence-electron chi connectivity index (χ2n) is 5.31. The summed E-state index contributed by atoms with van der Waals surface area (Å²) in [7, 11) is -3.35. The van der Waals surface area contributed by atoms with Crippen molar-refractivity contribution in [2.45, 2.75) is 53.9 Å². The SMILES string of the molecule is CCCOP(=O)(OCCC(C)C)OCCC(C)C. The summed E-state index contributed by atoms with van der Waals surface area (Å²) in [6.45, 7) is 11.6. The van der Waals surface area contributed by atoms with Crippen LogP contribution >= 0.6 is 7.82 Å². The number of hydrogen-bond acceptors (Lipinski definition) is 4. The zero-order valence-electron chi connectivity index (χ0n) is 12.5. The van der Waals surface area contributed by atoms with Gasteiger partial charge in [0.05, 0.1) is 19.8 Å². The van der Waals surface area contributed by atoms with Gasteiger partial charge in [-0.1, -0.05) is 34.6 Å². The lowest BCUT2D eigenvalue weighted by atomic mass is 10.2. The molecule has 0 aliphatic heterocycles. The summed E-state index contributed by atoms with van der Waals surface area (Å²) < 4.78 is 28.2. The van der Waals surface area contributed by atoms with Crippen molar-refractivity contribution in [2.24, 2.45) is 11.8 Å². The minimum Gasteiger partial charge on any atom is -0.287 e. The summed E-state index contributed by atoms with van der Waals surface area (Å²) >= 11 is 0. The molecule has 0 spiro atoms. The molecule has 0 unspecified atom stereocenters. The van der Waals surface area contributed by atoms with Crippen LogP contribution in [0.5, 0.6) is 0 Å². The minimum atomic E-state index is -3.35. The summed E-state index contributed by atoms with van der Waals surface area (Å²) in [5.74, 6) is 1.03. The van der Waals surface area contributed by atoms with Crippen molar-refractivity contribution in [1.29, 1.82) is 0 Å². The van der Waals surface area contributed by atoms with Crippen LogP contribution in [-0.4, -0.2) is 19.8 Å². The van der Waals surface area contributed by atoms with Crippen LogP contribution in [-0.2, 0) is 18.1 Å². The van der Waals surface area contributed by atoms with Crippen molar-refractivity contribution >= 4 is 7.82 Å². The molecule has 0 atom stereocenters. The molecular weight excluding hydrogens is 251 g/mol. The van der Waals surface area contributed by atoms with Crippen LogP contribution < -0.4 is 0 Å². The van der Waals surface area contributed by atoms with E-state index in [1.54, 1.807) is 0 Å². The Bertz CT molecular complexity index is 223. The van der Waals surface area contributed by atoms with Gasteiger partial charge in [-0.2, -0.15) is 0 Å². The van der Waals surface area contributed by atoms with E-state index in [2.05, 4.69) is 27.7 Å². The van der Waals surface area contributed by atoms with Crippen LogP contribution in [0.25, 0.3) is 0 Å². The predicted octanol–water partition coefficient (Wildman–Crippen LogP) is 4.65. The van der Waals surface area contributed by atoms with E-state index >= 15 is 0 Å². The quantitative estimate of drug-likeness (QED) is 0.517. The zero-order valence-corrected chi connectivity index (χ0v) is 13.4. The fourth-order valence-electron chi connectivity index (χ4n) is 1.12. The van der Waals surface area contributed by atoms with E-state index in [0.29, 0.717) is 31.7 Å². The van der Waals surface area contributed by atoms with Crippen molar-refractivity contribution in [1.82, 2.24) is 0 Å². The maximum atomic E-state index is 12.3.